The van der Waals surface area contributed by atoms with Gasteiger partial charge in [-0.2, -0.15) is 0 Å². The van der Waals surface area contributed by atoms with E-state index in [1.165, 1.54) is 6.20 Å². The van der Waals surface area contributed by atoms with Crippen molar-refractivity contribution < 1.29 is 4.79 Å². The lowest BCUT2D eigenvalue weighted by atomic mass is 10.4. The summed E-state index contributed by atoms with van der Waals surface area (Å²) in [4.78, 5) is 10.2. The molecule has 7 heavy (non-hydrogen) atoms. The van der Waals surface area contributed by atoms with Crippen molar-refractivity contribution >= 4 is 29.3 Å². The molecule has 0 aromatic rings. The van der Waals surface area contributed by atoms with Crippen LogP contribution in [0.2, 0.25) is 0 Å². The fourth-order valence-corrected chi connectivity index (χ4v) is 0.720. The zero-order valence-corrected chi connectivity index (χ0v) is 4.70. The van der Waals surface area contributed by atoms with E-state index in [2.05, 4.69) is 0 Å². The fourth-order valence-electron chi connectivity index (χ4n) is 0.249. The predicted octanol–water partition coefficient (Wildman–Crippen LogP) is 1.06. The van der Waals surface area contributed by atoms with Gasteiger partial charge in [-0.1, -0.05) is 11.6 Å². The van der Waals surface area contributed by atoms with Gasteiger partial charge in [-0.25, -0.2) is 4.42 Å². The van der Waals surface area contributed by atoms with Crippen molar-refractivity contribution in [2.75, 3.05) is 0 Å². The van der Waals surface area contributed by atoms with E-state index in [1.54, 1.807) is 0 Å². The van der Waals surface area contributed by atoms with E-state index in [-0.39, 0.29) is 10.9 Å². The molecule has 4 heteroatoms. The lowest BCUT2D eigenvalue weighted by molar-refractivity contribution is -0.122. The summed E-state index contributed by atoms with van der Waals surface area (Å²) in [5.74, 6) is -0.330. The van der Waals surface area contributed by atoms with Crippen LogP contribution in [0.15, 0.2) is 11.2 Å². The summed E-state index contributed by atoms with van der Waals surface area (Å²) in [5.41, 5.74) is 0. The highest BCUT2D eigenvalue weighted by Gasteiger charge is 2.22. The minimum absolute atomic E-state index is 0.190. The van der Waals surface area contributed by atoms with Gasteiger partial charge in [0.1, 0.15) is 5.03 Å². The summed E-state index contributed by atoms with van der Waals surface area (Å²) in [5, 5.41) is 0.190. The molecule has 0 unspecified atom stereocenters. The molecule has 1 heterocycles. The highest BCUT2D eigenvalue weighted by atomic mass is 35.5. The standard InChI is InChI=1S/C3HCl2NO/c4-2-1-6(5)3(2)7/h1H. The summed E-state index contributed by atoms with van der Waals surface area (Å²) in [6.07, 6.45) is 1.34. The van der Waals surface area contributed by atoms with E-state index >= 15 is 0 Å². The molecule has 1 rings (SSSR count). The quantitative estimate of drug-likeness (QED) is 0.458. The normalized spacial score (nSPS) is 18.9. The van der Waals surface area contributed by atoms with Crippen molar-refractivity contribution in [3.8, 4) is 0 Å². The lowest BCUT2D eigenvalue weighted by Crippen LogP contribution is -2.25. The molecule has 0 saturated carbocycles. The number of hydrogen-bond donors (Lipinski definition) is 0. The fraction of sp³-hybridized carbons (Fsp3) is 0. The van der Waals surface area contributed by atoms with Crippen LogP contribution in [-0.2, 0) is 4.79 Å². The molecule has 0 spiro atoms. The second-order valence-electron chi connectivity index (χ2n) is 1.09. The minimum Gasteiger partial charge on any atom is -0.266 e. The van der Waals surface area contributed by atoms with Crippen molar-refractivity contribution in [2.45, 2.75) is 0 Å². The Morgan fingerprint density at radius 1 is 1.71 bits per heavy atom. The third-order valence-electron chi connectivity index (χ3n) is 0.625. The molecule has 1 aliphatic heterocycles. The van der Waals surface area contributed by atoms with Gasteiger partial charge in [0.15, 0.2) is 0 Å². The van der Waals surface area contributed by atoms with Crippen LogP contribution in [0.25, 0.3) is 0 Å². The molecule has 0 aliphatic carbocycles. The van der Waals surface area contributed by atoms with Crippen LogP contribution < -0.4 is 0 Å². The highest BCUT2D eigenvalue weighted by molar-refractivity contribution is 6.48. The third-order valence-corrected chi connectivity index (χ3v) is 1.14. The van der Waals surface area contributed by atoms with Crippen LogP contribution in [0.1, 0.15) is 0 Å². The monoisotopic (exact) mass is 137 g/mol. The maximum atomic E-state index is 10.2. The second kappa shape index (κ2) is 1.39. The molecule has 0 fully saturated rings. The Morgan fingerprint density at radius 2 is 2.29 bits per heavy atom. The number of rotatable bonds is 0. The van der Waals surface area contributed by atoms with Gasteiger partial charge >= 0.3 is 0 Å². The summed E-state index contributed by atoms with van der Waals surface area (Å²) in [6, 6.07) is 0. The van der Waals surface area contributed by atoms with Crippen molar-refractivity contribution in [3.05, 3.63) is 11.2 Å². The van der Waals surface area contributed by atoms with E-state index in [0.29, 0.717) is 0 Å². The van der Waals surface area contributed by atoms with Gasteiger partial charge in [-0.3, -0.25) is 4.79 Å². The molecule has 0 aromatic heterocycles. The Hall–Kier alpha value is -0.210. The number of amides is 1. The van der Waals surface area contributed by atoms with E-state index in [4.69, 9.17) is 23.4 Å². The topological polar surface area (TPSA) is 20.3 Å². The minimum atomic E-state index is -0.330. The second-order valence-corrected chi connectivity index (χ2v) is 1.86. The molecule has 0 saturated heterocycles. The van der Waals surface area contributed by atoms with Crippen molar-refractivity contribution in [2.24, 2.45) is 0 Å². The van der Waals surface area contributed by atoms with Crippen LogP contribution in [0.4, 0.5) is 0 Å². The first-order valence-electron chi connectivity index (χ1n) is 1.58. The Kier molecular flexibility index (Phi) is 0.978. The summed E-state index contributed by atoms with van der Waals surface area (Å²) < 4.78 is 0.905. The molecule has 0 bridgehead atoms. The molecule has 0 aromatic carbocycles. The summed E-state index contributed by atoms with van der Waals surface area (Å²) in [7, 11) is 0. The van der Waals surface area contributed by atoms with E-state index in [0.717, 1.165) is 4.42 Å². The number of hydrogen-bond acceptors (Lipinski definition) is 1. The number of nitrogens with zero attached hydrogens (tertiary/aromatic N) is 1. The van der Waals surface area contributed by atoms with Crippen molar-refractivity contribution in [3.63, 3.8) is 0 Å². The van der Waals surface area contributed by atoms with Gasteiger partial charge in [0.05, 0.1) is 0 Å². The Morgan fingerprint density at radius 3 is 2.29 bits per heavy atom. The lowest BCUT2D eigenvalue weighted by Gasteiger charge is -2.15. The van der Waals surface area contributed by atoms with Gasteiger partial charge in [0.25, 0.3) is 5.91 Å². The van der Waals surface area contributed by atoms with Crippen molar-refractivity contribution in [1.29, 1.82) is 0 Å². The first-order chi connectivity index (χ1) is 3.22. The van der Waals surface area contributed by atoms with Gasteiger partial charge in [-0.15, -0.1) is 0 Å². The molecule has 0 radical (unpaired) electrons. The van der Waals surface area contributed by atoms with Gasteiger partial charge in [0.2, 0.25) is 0 Å². The Labute approximate surface area is 50.4 Å². The first kappa shape index (κ1) is 4.94. The number of carbonyl (C=O) groups is 1. The Balaban J connectivity index is 2.75. The average molecular weight is 138 g/mol. The maximum Gasteiger partial charge on any atom is 0.285 e. The third kappa shape index (κ3) is 0.598. The van der Waals surface area contributed by atoms with Crippen LogP contribution in [0.3, 0.4) is 0 Å². The highest BCUT2D eigenvalue weighted by Crippen LogP contribution is 2.20. The summed E-state index contributed by atoms with van der Waals surface area (Å²) >= 11 is 10.3. The molecular weight excluding hydrogens is 137 g/mol. The smallest absolute Gasteiger partial charge is 0.266 e. The van der Waals surface area contributed by atoms with E-state index < -0.39 is 0 Å². The van der Waals surface area contributed by atoms with Gasteiger partial charge in [-0.05, 0) is 0 Å². The predicted molar refractivity (Wildman–Crippen MR) is 26.6 cm³/mol. The van der Waals surface area contributed by atoms with Crippen molar-refractivity contribution in [1.82, 2.24) is 4.42 Å². The largest absolute Gasteiger partial charge is 0.285 e. The molecule has 1 aliphatic rings. The molecule has 38 valence electrons. The van der Waals surface area contributed by atoms with Crippen LogP contribution in [0, 0.1) is 0 Å². The van der Waals surface area contributed by atoms with Crippen LogP contribution in [-0.4, -0.2) is 10.3 Å². The number of halogens is 2. The summed E-state index contributed by atoms with van der Waals surface area (Å²) in [6.45, 7) is 0. The average Bonchev–Trinajstić information content (AvgIpc) is 1.68. The molecule has 0 atom stereocenters. The molecule has 1 amide bonds. The zero-order chi connectivity index (χ0) is 5.44. The number of carbonyl (C=O) groups excluding carboxylic acids is 1. The molecular formula is C3HCl2NO. The van der Waals surface area contributed by atoms with E-state index in [9.17, 15) is 4.79 Å². The first-order valence-corrected chi connectivity index (χ1v) is 2.30. The van der Waals surface area contributed by atoms with E-state index in [1.807, 2.05) is 0 Å². The zero-order valence-electron chi connectivity index (χ0n) is 3.19. The molecule has 2 nitrogen and oxygen atoms in total. The maximum absolute atomic E-state index is 10.2. The van der Waals surface area contributed by atoms with Crippen LogP contribution >= 0.6 is 23.4 Å². The SMILES string of the molecule is O=C1C(Cl)=CN1Cl. The Bertz CT molecular complexity index is 142. The molecule has 0 N–H and O–H groups in total. The van der Waals surface area contributed by atoms with Crippen LogP contribution in [0.5, 0.6) is 0 Å². The van der Waals surface area contributed by atoms with Gasteiger partial charge in [0, 0.05) is 18.0 Å². The van der Waals surface area contributed by atoms with Gasteiger partial charge < -0.3 is 0 Å².